The monoisotopic (exact) mass is 318 g/mol. The highest BCUT2D eigenvalue weighted by atomic mass is 127. The second kappa shape index (κ2) is 5.75. The molecule has 0 bridgehead atoms. The number of hydrogen-bond acceptors (Lipinski definition) is 3. The minimum Gasteiger partial charge on any atom is -0.496 e. The molecule has 1 rings (SSSR count). The van der Waals surface area contributed by atoms with Gasteiger partial charge >= 0.3 is 0 Å². The number of carbonyl (C=O) groups is 1. The van der Waals surface area contributed by atoms with Crippen LogP contribution in [0, 0.1) is 0 Å². The van der Waals surface area contributed by atoms with Gasteiger partial charge in [-0.25, -0.2) is 0 Å². The fourth-order valence-electron chi connectivity index (χ4n) is 1.24. The lowest BCUT2D eigenvalue weighted by Gasteiger charge is -2.09. The van der Waals surface area contributed by atoms with Gasteiger partial charge in [0, 0.05) is 5.56 Å². The van der Waals surface area contributed by atoms with Crippen molar-refractivity contribution in [2.75, 3.05) is 14.2 Å². The predicted octanol–water partition coefficient (Wildman–Crippen LogP) is 2.92. The first-order chi connectivity index (χ1) is 7.26. The van der Waals surface area contributed by atoms with Crippen LogP contribution in [0.25, 0.3) is 6.08 Å². The van der Waals surface area contributed by atoms with Gasteiger partial charge in [0.15, 0.2) is 6.29 Å². The van der Waals surface area contributed by atoms with Crippen molar-refractivity contribution in [3.05, 3.63) is 27.3 Å². The number of aldehydes is 1. The lowest BCUT2D eigenvalue weighted by atomic mass is 10.1. The predicted molar refractivity (Wildman–Crippen MR) is 68.0 cm³/mol. The topological polar surface area (TPSA) is 35.5 Å². The lowest BCUT2D eigenvalue weighted by molar-refractivity contribution is 0.112. The Morgan fingerprint density at radius 1 is 1.13 bits per heavy atom. The van der Waals surface area contributed by atoms with E-state index in [1.807, 2.05) is 10.2 Å². The van der Waals surface area contributed by atoms with Crippen LogP contribution in [-0.2, 0) is 0 Å². The van der Waals surface area contributed by atoms with Crippen molar-refractivity contribution in [2.45, 2.75) is 0 Å². The lowest BCUT2D eigenvalue weighted by Crippen LogP contribution is -1.94. The third-order valence-electron chi connectivity index (χ3n) is 1.95. The Morgan fingerprint density at radius 3 is 2.13 bits per heavy atom. The van der Waals surface area contributed by atoms with Gasteiger partial charge in [-0.3, -0.25) is 4.79 Å². The first-order valence-electron chi connectivity index (χ1n) is 4.24. The summed E-state index contributed by atoms with van der Waals surface area (Å²) in [5.74, 6) is 1.21. The van der Waals surface area contributed by atoms with Crippen LogP contribution in [0.2, 0.25) is 0 Å². The van der Waals surface area contributed by atoms with Crippen molar-refractivity contribution in [3.8, 4) is 11.5 Å². The van der Waals surface area contributed by atoms with Gasteiger partial charge in [-0.1, -0.05) is 22.6 Å². The standard InChI is InChI=1S/C11H11IO3/c1-14-10-6-9(7-13)11(15-2)5-8(10)3-4-12/h3-7H,1-2H3. The smallest absolute Gasteiger partial charge is 0.153 e. The number of carbonyl (C=O) groups excluding carboxylic acids is 1. The fraction of sp³-hybridized carbons (Fsp3) is 0.182. The van der Waals surface area contributed by atoms with E-state index < -0.39 is 0 Å². The van der Waals surface area contributed by atoms with Gasteiger partial charge in [-0.2, -0.15) is 0 Å². The molecular weight excluding hydrogens is 307 g/mol. The van der Waals surface area contributed by atoms with Crippen LogP contribution in [0.3, 0.4) is 0 Å². The highest BCUT2D eigenvalue weighted by Crippen LogP contribution is 2.28. The summed E-state index contributed by atoms with van der Waals surface area (Å²) in [5, 5.41) is 0. The summed E-state index contributed by atoms with van der Waals surface area (Å²) in [6.07, 6.45) is 2.63. The molecule has 0 spiro atoms. The van der Waals surface area contributed by atoms with E-state index in [4.69, 9.17) is 9.47 Å². The molecular formula is C11H11IO3. The molecule has 1 aromatic carbocycles. The maximum Gasteiger partial charge on any atom is 0.153 e. The van der Waals surface area contributed by atoms with Gasteiger partial charge in [-0.05, 0) is 22.3 Å². The molecule has 1 aromatic rings. The van der Waals surface area contributed by atoms with E-state index in [-0.39, 0.29) is 0 Å². The summed E-state index contributed by atoms with van der Waals surface area (Å²) < 4.78 is 12.1. The molecule has 0 aliphatic carbocycles. The van der Waals surface area contributed by atoms with Gasteiger partial charge in [0.2, 0.25) is 0 Å². The fourth-order valence-corrected chi connectivity index (χ4v) is 1.62. The minimum absolute atomic E-state index is 0.486. The molecule has 0 atom stereocenters. The normalized spacial score (nSPS) is 10.3. The van der Waals surface area contributed by atoms with E-state index in [1.165, 1.54) is 7.11 Å². The van der Waals surface area contributed by atoms with Crippen molar-refractivity contribution in [1.29, 1.82) is 0 Å². The Kier molecular flexibility index (Phi) is 4.61. The molecule has 0 fully saturated rings. The van der Waals surface area contributed by atoms with Crippen LogP contribution in [0.4, 0.5) is 0 Å². The van der Waals surface area contributed by atoms with E-state index in [2.05, 4.69) is 22.6 Å². The van der Waals surface area contributed by atoms with Gasteiger partial charge < -0.3 is 9.47 Å². The van der Waals surface area contributed by atoms with Crippen LogP contribution >= 0.6 is 22.6 Å². The molecule has 4 heteroatoms. The molecule has 3 nitrogen and oxygen atoms in total. The second-order valence-electron chi connectivity index (χ2n) is 2.75. The first-order valence-corrected chi connectivity index (χ1v) is 5.49. The molecule has 0 aliphatic rings. The summed E-state index contributed by atoms with van der Waals surface area (Å²) in [5.41, 5.74) is 1.37. The average Bonchev–Trinajstić information content (AvgIpc) is 2.28. The summed E-state index contributed by atoms with van der Waals surface area (Å²) in [4.78, 5) is 10.8. The highest BCUT2D eigenvalue weighted by Gasteiger charge is 2.08. The third-order valence-corrected chi connectivity index (χ3v) is 2.31. The Balaban J connectivity index is 3.33. The van der Waals surface area contributed by atoms with Gasteiger partial charge in [0.1, 0.15) is 11.5 Å². The molecule has 15 heavy (non-hydrogen) atoms. The number of halogens is 1. The second-order valence-corrected chi connectivity index (χ2v) is 3.47. The van der Waals surface area contributed by atoms with Crippen LogP contribution in [-0.4, -0.2) is 20.5 Å². The molecule has 0 aliphatic heterocycles. The number of hydrogen-bond donors (Lipinski definition) is 0. The molecule has 0 heterocycles. The maximum absolute atomic E-state index is 10.8. The SMILES string of the molecule is COc1cc(C=CI)c(OC)cc1C=O. The third kappa shape index (κ3) is 2.71. The molecule has 0 radical (unpaired) electrons. The molecule has 80 valence electrons. The molecule has 0 saturated heterocycles. The molecule has 0 aromatic heterocycles. The summed E-state index contributed by atoms with van der Waals surface area (Å²) in [6, 6.07) is 3.44. The Labute approximate surface area is 102 Å². The zero-order valence-electron chi connectivity index (χ0n) is 8.49. The van der Waals surface area contributed by atoms with E-state index in [0.29, 0.717) is 17.1 Å². The van der Waals surface area contributed by atoms with Crippen LogP contribution in [0.15, 0.2) is 16.2 Å². The summed E-state index contributed by atoms with van der Waals surface area (Å²) >= 11 is 2.12. The Bertz CT molecular complexity index is 386. The van der Waals surface area contributed by atoms with Gasteiger partial charge in [0.25, 0.3) is 0 Å². The Morgan fingerprint density at radius 2 is 1.67 bits per heavy atom. The van der Waals surface area contributed by atoms with Crippen LogP contribution in [0.5, 0.6) is 11.5 Å². The number of benzene rings is 1. The van der Waals surface area contributed by atoms with Crippen LogP contribution < -0.4 is 9.47 Å². The van der Waals surface area contributed by atoms with E-state index in [1.54, 1.807) is 19.2 Å². The van der Waals surface area contributed by atoms with E-state index >= 15 is 0 Å². The minimum atomic E-state index is 0.486. The van der Waals surface area contributed by atoms with E-state index in [9.17, 15) is 4.79 Å². The van der Waals surface area contributed by atoms with Gasteiger partial charge in [-0.15, -0.1) is 0 Å². The molecule has 0 N–H and O–H groups in total. The van der Waals surface area contributed by atoms with E-state index in [0.717, 1.165) is 11.8 Å². The average molecular weight is 318 g/mol. The zero-order valence-corrected chi connectivity index (χ0v) is 10.6. The van der Waals surface area contributed by atoms with Crippen molar-refractivity contribution in [3.63, 3.8) is 0 Å². The maximum atomic E-state index is 10.8. The van der Waals surface area contributed by atoms with Crippen molar-refractivity contribution < 1.29 is 14.3 Å². The number of ether oxygens (including phenoxy) is 2. The van der Waals surface area contributed by atoms with Crippen LogP contribution in [0.1, 0.15) is 15.9 Å². The summed E-state index contributed by atoms with van der Waals surface area (Å²) in [7, 11) is 3.10. The summed E-state index contributed by atoms with van der Waals surface area (Å²) in [6.45, 7) is 0. The number of rotatable bonds is 4. The van der Waals surface area contributed by atoms with Gasteiger partial charge in [0.05, 0.1) is 19.8 Å². The first kappa shape index (κ1) is 12.0. The van der Waals surface area contributed by atoms with Crippen molar-refractivity contribution >= 4 is 35.0 Å². The molecule has 0 amide bonds. The molecule has 0 unspecified atom stereocenters. The molecule has 0 saturated carbocycles. The highest BCUT2D eigenvalue weighted by molar-refractivity contribution is 14.1. The Hall–Kier alpha value is -1.04. The number of methoxy groups -OCH3 is 2. The quantitative estimate of drug-likeness (QED) is 0.632. The largest absolute Gasteiger partial charge is 0.496 e. The van der Waals surface area contributed by atoms with Crippen molar-refractivity contribution in [2.24, 2.45) is 0 Å². The zero-order chi connectivity index (χ0) is 11.3. The van der Waals surface area contributed by atoms with Crippen molar-refractivity contribution in [1.82, 2.24) is 0 Å².